The minimum absolute atomic E-state index is 0.575. The van der Waals surface area contributed by atoms with Crippen LogP contribution in [0.5, 0.6) is 0 Å². The maximum Gasteiger partial charge on any atom is 0.397 e. The van der Waals surface area contributed by atoms with Crippen molar-refractivity contribution in [3.8, 4) is 0 Å². The molecule has 0 radical (unpaired) electrons. The fourth-order valence-corrected chi connectivity index (χ4v) is 5.47. The summed E-state index contributed by atoms with van der Waals surface area (Å²) >= 11 is 0. The van der Waals surface area contributed by atoms with Gasteiger partial charge in [-0.1, -0.05) is 26.6 Å². The zero-order valence-corrected chi connectivity index (χ0v) is 24.4. The Hall–Kier alpha value is -1.58. The predicted molar refractivity (Wildman–Crippen MR) is 135 cm³/mol. The topological polar surface area (TPSA) is 258 Å². The van der Waals surface area contributed by atoms with Crippen LogP contribution >= 0.6 is 0 Å². The third-order valence-corrected chi connectivity index (χ3v) is 9.73. The standard InChI is InChI=1S/C21H40N2O14SSi/c1-9(39(4,5)6)16(29)14(22-10(2)26)17(30)19(12(28)7-24)36-21-15(23-11(3)27)18(31)20(13(8-25)35-21)37-38(32,33)34/h9,12-15,17-21,24-25,28,30-31H,7-8H2,1-6H3,(H,22,26)(H,23,27)(H,32,33,34)/t9?,12-,13-,14-,15+,17-,18-,19-,20+,21+/m1/s1. The van der Waals surface area contributed by atoms with Gasteiger partial charge in [0, 0.05) is 19.4 Å². The predicted octanol–water partition coefficient (Wildman–Crippen LogP) is -3.34. The molecular weight excluding hydrogens is 564 g/mol. The molecule has 16 nitrogen and oxygen atoms in total. The summed E-state index contributed by atoms with van der Waals surface area (Å²) in [5.41, 5.74) is -0.590. The molecule has 18 heteroatoms. The van der Waals surface area contributed by atoms with Crippen LogP contribution in [0, 0.1) is 0 Å². The number of aliphatic hydroxyl groups excluding tert-OH is 5. The van der Waals surface area contributed by atoms with E-state index in [1.807, 2.05) is 19.6 Å². The normalized spacial score (nSPS) is 28.1. The molecule has 10 atom stereocenters. The monoisotopic (exact) mass is 604 g/mol. The highest BCUT2D eigenvalue weighted by Crippen LogP contribution is 2.29. The van der Waals surface area contributed by atoms with Gasteiger partial charge in [-0.25, -0.2) is 4.18 Å². The Morgan fingerprint density at radius 3 is 2.05 bits per heavy atom. The molecule has 0 aromatic rings. The van der Waals surface area contributed by atoms with Crippen LogP contribution in [-0.4, -0.2) is 132 Å². The number of carbonyl (C=O) groups is 3. The summed E-state index contributed by atoms with van der Waals surface area (Å²) < 4.78 is 47.1. The van der Waals surface area contributed by atoms with Crippen molar-refractivity contribution in [2.45, 2.75) is 101 Å². The first-order chi connectivity index (χ1) is 17.7. The molecule has 0 aromatic carbocycles. The summed E-state index contributed by atoms with van der Waals surface area (Å²) in [7, 11) is -7.32. The van der Waals surface area contributed by atoms with E-state index in [2.05, 4.69) is 14.8 Å². The molecule has 1 aliphatic heterocycles. The van der Waals surface area contributed by atoms with Gasteiger partial charge in [0.25, 0.3) is 0 Å². The molecular formula is C21H40N2O14SSi. The SMILES string of the molecule is CC(=O)N[C@@H]1[C@H](O[C@@H]([C@H](O)[C@H](NC(C)=O)C(=O)C(C)[Si](C)(C)C)[C@H](O)CO)O[C@H](CO)[C@H](OS(=O)(=O)O)[C@@H]1O. The van der Waals surface area contributed by atoms with E-state index in [-0.39, 0.29) is 0 Å². The number of ketones is 1. The van der Waals surface area contributed by atoms with E-state index in [1.54, 1.807) is 6.92 Å². The Morgan fingerprint density at radius 1 is 1.08 bits per heavy atom. The number of nitrogens with one attached hydrogen (secondary N) is 2. The van der Waals surface area contributed by atoms with Crippen molar-refractivity contribution in [2.75, 3.05) is 13.2 Å². The molecule has 1 heterocycles. The second-order valence-corrected chi connectivity index (χ2v) is 17.1. The van der Waals surface area contributed by atoms with Crippen LogP contribution in [0.15, 0.2) is 0 Å². The van der Waals surface area contributed by atoms with Crippen LogP contribution in [0.25, 0.3) is 0 Å². The highest BCUT2D eigenvalue weighted by Gasteiger charge is 2.51. The van der Waals surface area contributed by atoms with Crippen molar-refractivity contribution in [1.29, 1.82) is 0 Å². The van der Waals surface area contributed by atoms with Gasteiger partial charge >= 0.3 is 10.4 Å². The number of hydrogen-bond acceptors (Lipinski definition) is 13. The number of Topliss-reactive ketones (excluding diaryl/α,β-unsaturated/α-hetero) is 1. The van der Waals surface area contributed by atoms with E-state index in [9.17, 15) is 48.3 Å². The molecule has 1 fully saturated rings. The van der Waals surface area contributed by atoms with E-state index < -0.39 is 110 Å². The lowest BCUT2D eigenvalue weighted by Gasteiger charge is -2.45. The molecule has 8 N–H and O–H groups in total. The molecule has 0 saturated carbocycles. The summed E-state index contributed by atoms with van der Waals surface area (Å²) in [4.78, 5) is 37.0. The minimum atomic E-state index is -5.17. The number of aliphatic hydroxyl groups is 5. The average Bonchev–Trinajstić information content (AvgIpc) is 2.80. The summed E-state index contributed by atoms with van der Waals surface area (Å²) in [5.74, 6) is -2.05. The number of ether oxygens (including phenoxy) is 2. The van der Waals surface area contributed by atoms with E-state index >= 15 is 0 Å². The molecule has 0 aromatic heterocycles. The van der Waals surface area contributed by atoms with Crippen molar-refractivity contribution < 1.29 is 66.5 Å². The number of rotatable bonds is 14. The zero-order valence-electron chi connectivity index (χ0n) is 22.5. The molecule has 0 spiro atoms. The van der Waals surface area contributed by atoms with Crippen LogP contribution in [-0.2, 0) is 38.4 Å². The van der Waals surface area contributed by atoms with Crippen molar-refractivity contribution >= 4 is 36.1 Å². The minimum Gasteiger partial charge on any atom is -0.394 e. The quantitative estimate of drug-likeness (QED) is 0.0712. The Bertz CT molecular complexity index is 961. The molecule has 1 rings (SSSR count). The van der Waals surface area contributed by atoms with Gasteiger partial charge in [0.05, 0.1) is 21.3 Å². The van der Waals surface area contributed by atoms with Gasteiger partial charge in [0.2, 0.25) is 11.8 Å². The van der Waals surface area contributed by atoms with Crippen molar-refractivity contribution in [1.82, 2.24) is 10.6 Å². The smallest absolute Gasteiger partial charge is 0.394 e. The van der Waals surface area contributed by atoms with Gasteiger partial charge in [-0.2, -0.15) is 8.42 Å². The Labute approximate surface area is 227 Å². The van der Waals surface area contributed by atoms with E-state index in [0.29, 0.717) is 0 Å². The molecule has 39 heavy (non-hydrogen) atoms. The molecule has 228 valence electrons. The molecule has 0 bridgehead atoms. The fraction of sp³-hybridized carbons (Fsp3) is 0.857. The van der Waals surface area contributed by atoms with Gasteiger partial charge in [0.15, 0.2) is 12.1 Å². The lowest BCUT2D eigenvalue weighted by Crippen LogP contribution is -2.67. The van der Waals surface area contributed by atoms with Gasteiger partial charge in [0.1, 0.15) is 48.7 Å². The van der Waals surface area contributed by atoms with Crippen LogP contribution in [0.4, 0.5) is 0 Å². The van der Waals surface area contributed by atoms with Gasteiger partial charge < -0.3 is 45.6 Å². The molecule has 2 amide bonds. The van der Waals surface area contributed by atoms with E-state index in [0.717, 1.165) is 13.8 Å². The van der Waals surface area contributed by atoms with Crippen molar-refractivity contribution in [3.63, 3.8) is 0 Å². The second kappa shape index (κ2) is 14.4. The van der Waals surface area contributed by atoms with Crippen LogP contribution in [0.2, 0.25) is 25.2 Å². The number of carbonyl (C=O) groups excluding carboxylic acids is 3. The number of hydrogen-bond donors (Lipinski definition) is 8. The molecule has 0 aliphatic carbocycles. The highest BCUT2D eigenvalue weighted by atomic mass is 32.3. The molecule has 1 saturated heterocycles. The lowest BCUT2D eigenvalue weighted by atomic mass is 9.94. The lowest BCUT2D eigenvalue weighted by molar-refractivity contribution is -0.296. The van der Waals surface area contributed by atoms with Crippen molar-refractivity contribution in [2.24, 2.45) is 0 Å². The van der Waals surface area contributed by atoms with E-state index in [1.165, 1.54) is 0 Å². The van der Waals surface area contributed by atoms with Gasteiger partial charge in [-0.05, 0) is 0 Å². The Kier molecular flexibility index (Phi) is 13.0. The number of amides is 2. The summed E-state index contributed by atoms with van der Waals surface area (Å²) in [6.07, 6.45) is -13.2. The fourth-order valence-electron chi connectivity index (χ4n) is 3.92. The zero-order chi connectivity index (χ0) is 30.5. The van der Waals surface area contributed by atoms with Crippen LogP contribution < -0.4 is 10.6 Å². The van der Waals surface area contributed by atoms with Gasteiger partial charge in [-0.15, -0.1) is 0 Å². The summed E-state index contributed by atoms with van der Waals surface area (Å²) in [6, 6.07) is -3.29. The average molecular weight is 605 g/mol. The summed E-state index contributed by atoms with van der Waals surface area (Å²) in [6.45, 7) is 7.42. The third kappa shape index (κ3) is 10.1. The summed E-state index contributed by atoms with van der Waals surface area (Å²) in [5, 5.41) is 56.4. The van der Waals surface area contributed by atoms with Crippen LogP contribution in [0.3, 0.4) is 0 Å². The highest BCUT2D eigenvalue weighted by molar-refractivity contribution is 7.80. The first-order valence-corrected chi connectivity index (χ1v) is 17.0. The van der Waals surface area contributed by atoms with E-state index in [4.69, 9.17) is 14.0 Å². The molecule has 1 aliphatic rings. The maximum atomic E-state index is 13.3. The first-order valence-electron chi connectivity index (χ1n) is 12.1. The van der Waals surface area contributed by atoms with Crippen molar-refractivity contribution in [3.05, 3.63) is 0 Å². The maximum absolute atomic E-state index is 13.3. The van der Waals surface area contributed by atoms with Gasteiger partial charge in [-0.3, -0.25) is 18.9 Å². The Morgan fingerprint density at radius 2 is 1.64 bits per heavy atom. The largest absolute Gasteiger partial charge is 0.397 e. The third-order valence-electron chi connectivity index (χ3n) is 6.38. The Balaban J connectivity index is 3.49. The molecule has 1 unspecified atom stereocenters. The second-order valence-electron chi connectivity index (χ2n) is 10.4. The van der Waals surface area contributed by atoms with Crippen LogP contribution in [0.1, 0.15) is 20.8 Å². The first kappa shape index (κ1) is 35.4.